The van der Waals surface area contributed by atoms with Gasteiger partial charge in [0.05, 0.1) is 0 Å². The van der Waals surface area contributed by atoms with Crippen LogP contribution in [-0.2, 0) is 5.41 Å². The van der Waals surface area contributed by atoms with Gasteiger partial charge >= 0.3 is 0 Å². The Balaban J connectivity index is 2.52. The number of halogens is 2. The molecule has 0 aliphatic heterocycles. The fourth-order valence-corrected chi connectivity index (χ4v) is 1.73. The van der Waals surface area contributed by atoms with Crippen molar-refractivity contribution in [2.45, 2.75) is 24.8 Å². The molecule has 0 spiro atoms. The van der Waals surface area contributed by atoms with E-state index < -0.39 is 17.0 Å². The van der Waals surface area contributed by atoms with E-state index in [0.29, 0.717) is 6.42 Å². The molecule has 1 fully saturated rings. The molecule has 1 aromatic rings. The van der Waals surface area contributed by atoms with E-state index in [0.717, 1.165) is 0 Å². The first kappa shape index (κ1) is 8.63. The summed E-state index contributed by atoms with van der Waals surface area (Å²) in [6, 6.07) is 3.80. The summed E-state index contributed by atoms with van der Waals surface area (Å²) < 4.78 is 26.5. The molecule has 1 nitrogen and oxygen atoms in total. The largest absolute Gasteiger partial charge is 0.327 e. The molecule has 13 heavy (non-hydrogen) atoms. The van der Waals surface area contributed by atoms with Crippen LogP contribution in [-0.4, -0.2) is 6.04 Å². The van der Waals surface area contributed by atoms with Gasteiger partial charge in [-0.2, -0.15) is 0 Å². The zero-order chi connectivity index (χ0) is 9.64. The summed E-state index contributed by atoms with van der Waals surface area (Å²) in [6.45, 7) is 1.79. The lowest BCUT2D eigenvalue weighted by atomic mass is 9.96. The minimum absolute atomic E-state index is 0.112. The highest BCUT2D eigenvalue weighted by Crippen LogP contribution is 2.48. The lowest BCUT2D eigenvalue weighted by molar-refractivity contribution is 0.523. The van der Waals surface area contributed by atoms with Crippen LogP contribution in [0.2, 0.25) is 0 Å². The van der Waals surface area contributed by atoms with Gasteiger partial charge in [0.15, 0.2) is 0 Å². The molecular formula is C10H11F2N. The second-order valence-electron chi connectivity index (χ2n) is 3.82. The topological polar surface area (TPSA) is 26.0 Å². The van der Waals surface area contributed by atoms with Crippen molar-refractivity contribution in [2.75, 3.05) is 0 Å². The maximum absolute atomic E-state index is 13.3. The minimum atomic E-state index is -0.491. The summed E-state index contributed by atoms with van der Waals surface area (Å²) >= 11 is 0. The molecule has 1 aromatic carbocycles. The zero-order valence-electron chi connectivity index (χ0n) is 7.35. The molecular weight excluding hydrogens is 172 g/mol. The van der Waals surface area contributed by atoms with Gasteiger partial charge < -0.3 is 5.73 Å². The fraction of sp³-hybridized carbons (Fsp3) is 0.400. The molecule has 0 radical (unpaired) electrons. The van der Waals surface area contributed by atoms with E-state index >= 15 is 0 Å². The summed E-state index contributed by atoms with van der Waals surface area (Å²) in [7, 11) is 0. The predicted octanol–water partition coefficient (Wildman–Crippen LogP) is 1.95. The quantitative estimate of drug-likeness (QED) is 0.707. The Morgan fingerprint density at radius 3 is 2.23 bits per heavy atom. The third kappa shape index (κ3) is 1.15. The van der Waals surface area contributed by atoms with Crippen LogP contribution in [0.15, 0.2) is 18.2 Å². The van der Waals surface area contributed by atoms with Gasteiger partial charge in [-0.05, 0) is 18.6 Å². The monoisotopic (exact) mass is 183 g/mol. The van der Waals surface area contributed by atoms with E-state index in [1.807, 2.05) is 0 Å². The summed E-state index contributed by atoms with van der Waals surface area (Å²) in [6.07, 6.45) is 0.658. The van der Waals surface area contributed by atoms with Gasteiger partial charge in [-0.3, -0.25) is 0 Å². The van der Waals surface area contributed by atoms with Crippen molar-refractivity contribution in [3.8, 4) is 0 Å². The molecule has 0 amide bonds. The van der Waals surface area contributed by atoms with Gasteiger partial charge in [0.2, 0.25) is 0 Å². The van der Waals surface area contributed by atoms with Crippen molar-refractivity contribution in [3.63, 3.8) is 0 Å². The van der Waals surface area contributed by atoms with E-state index in [4.69, 9.17) is 5.73 Å². The molecule has 2 N–H and O–H groups in total. The van der Waals surface area contributed by atoms with E-state index in [9.17, 15) is 8.78 Å². The normalized spacial score (nSPS) is 31.8. The molecule has 0 saturated heterocycles. The van der Waals surface area contributed by atoms with Crippen molar-refractivity contribution in [3.05, 3.63) is 35.4 Å². The predicted molar refractivity (Wildman–Crippen MR) is 46.3 cm³/mol. The lowest BCUT2D eigenvalue weighted by Gasteiger charge is -2.11. The van der Waals surface area contributed by atoms with Crippen molar-refractivity contribution >= 4 is 0 Å². The van der Waals surface area contributed by atoms with Crippen molar-refractivity contribution in [2.24, 2.45) is 5.73 Å². The van der Waals surface area contributed by atoms with Gasteiger partial charge in [0, 0.05) is 17.0 Å². The summed E-state index contributed by atoms with van der Waals surface area (Å²) in [5, 5.41) is 0. The van der Waals surface area contributed by atoms with Crippen LogP contribution < -0.4 is 5.73 Å². The fourth-order valence-electron chi connectivity index (χ4n) is 1.73. The maximum Gasteiger partial charge on any atom is 0.129 e. The number of benzene rings is 1. The Kier molecular flexibility index (Phi) is 1.67. The van der Waals surface area contributed by atoms with E-state index in [2.05, 4.69) is 0 Å². The van der Waals surface area contributed by atoms with Gasteiger partial charge in [-0.1, -0.05) is 13.0 Å². The molecule has 2 rings (SSSR count). The molecule has 2 atom stereocenters. The number of rotatable bonds is 1. The highest BCUT2D eigenvalue weighted by atomic mass is 19.1. The SMILES string of the molecule is C[C@@]1(c2c(F)cccc2F)C[C@H]1N. The van der Waals surface area contributed by atoms with E-state index in [-0.39, 0.29) is 11.6 Å². The smallest absolute Gasteiger partial charge is 0.129 e. The third-order valence-corrected chi connectivity index (χ3v) is 2.84. The summed E-state index contributed by atoms with van der Waals surface area (Å²) in [4.78, 5) is 0. The average molecular weight is 183 g/mol. The molecule has 1 aliphatic carbocycles. The summed E-state index contributed by atoms with van der Waals surface area (Å²) in [5.74, 6) is -0.981. The lowest BCUT2D eigenvalue weighted by Crippen LogP contribution is -2.17. The molecule has 0 heterocycles. The van der Waals surface area contributed by atoms with Crippen LogP contribution >= 0.6 is 0 Å². The molecule has 1 saturated carbocycles. The van der Waals surface area contributed by atoms with Crippen molar-refractivity contribution < 1.29 is 8.78 Å². The maximum atomic E-state index is 13.3. The van der Waals surface area contributed by atoms with E-state index in [1.165, 1.54) is 18.2 Å². The van der Waals surface area contributed by atoms with Gasteiger partial charge in [0.25, 0.3) is 0 Å². The Hall–Kier alpha value is -0.960. The molecule has 0 aromatic heterocycles. The highest BCUT2D eigenvalue weighted by molar-refractivity contribution is 5.36. The van der Waals surface area contributed by atoms with Crippen LogP contribution in [0.3, 0.4) is 0 Å². The molecule has 70 valence electrons. The van der Waals surface area contributed by atoms with Crippen molar-refractivity contribution in [1.29, 1.82) is 0 Å². The number of hydrogen-bond donors (Lipinski definition) is 1. The average Bonchev–Trinajstić information content (AvgIpc) is 2.59. The van der Waals surface area contributed by atoms with Gasteiger partial charge in [-0.15, -0.1) is 0 Å². The molecule has 0 unspecified atom stereocenters. The second kappa shape index (κ2) is 2.51. The zero-order valence-corrected chi connectivity index (χ0v) is 7.35. The van der Waals surface area contributed by atoms with Crippen LogP contribution in [0.4, 0.5) is 8.78 Å². The second-order valence-corrected chi connectivity index (χ2v) is 3.82. The van der Waals surface area contributed by atoms with E-state index in [1.54, 1.807) is 6.92 Å². The minimum Gasteiger partial charge on any atom is -0.327 e. The number of hydrogen-bond acceptors (Lipinski definition) is 1. The first-order valence-corrected chi connectivity index (χ1v) is 4.26. The molecule has 0 bridgehead atoms. The van der Waals surface area contributed by atoms with Crippen LogP contribution in [0, 0.1) is 11.6 Å². The first-order valence-electron chi connectivity index (χ1n) is 4.26. The Bertz CT molecular complexity index is 331. The van der Waals surface area contributed by atoms with Crippen LogP contribution in [0.25, 0.3) is 0 Å². The van der Waals surface area contributed by atoms with Gasteiger partial charge in [0.1, 0.15) is 11.6 Å². The Morgan fingerprint density at radius 2 is 1.85 bits per heavy atom. The van der Waals surface area contributed by atoms with Gasteiger partial charge in [-0.25, -0.2) is 8.78 Å². The Morgan fingerprint density at radius 1 is 1.38 bits per heavy atom. The molecule has 1 aliphatic rings. The Labute approximate surface area is 75.6 Å². The standard InChI is InChI=1S/C10H11F2N/c1-10(5-8(10)13)9-6(11)3-2-4-7(9)12/h2-4,8H,5,13H2,1H3/t8-,10-/m1/s1. The number of nitrogens with two attached hydrogens (primary N) is 1. The van der Waals surface area contributed by atoms with Crippen LogP contribution in [0.1, 0.15) is 18.9 Å². The first-order chi connectivity index (χ1) is 6.05. The summed E-state index contributed by atoms with van der Waals surface area (Å²) in [5.41, 5.74) is 5.29. The third-order valence-electron chi connectivity index (χ3n) is 2.84. The highest BCUT2D eigenvalue weighted by Gasteiger charge is 2.51. The van der Waals surface area contributed by atoms with Crippen molar-refractivity contribution in [1.82, 2.24) is 0 Å². The van der Waals surface area contributed by atoms with Crippen LogP contribution in [0.5, 0.6) is 0 Å². The molecule has 3 heteroatoms.